The first kappa shape index (κ1) is 40.2. The number of pyridine rings is 1. The number of amides is 1. The maximum atomic E-state index is 14.1. The van der Waals surface area contributed by atoms with E-state index in [4.69, 9.17) is 0 Å². The van der Waals surface area contributed by atoms with E-state index < -0.39 is 48.1 Å². The molecule has 14 heteroatoms. The van der Waals surface area contributed by atoms with Gasteiger partial charge in [-0.1, -0.05) is 24.3 Å². The number of hydrogen-bond donors (Lipinski definition) is 3. The molecule has 2 aromatic carbocycles. The molecule has 2 atom stereocenters. The van der Waals surface area contributed by atoms with Crippen LogP contribution in [0.1, 0.15) is 65.7 Å². The standard InChI is InChI=1S/C33H33F2N3O7.2Na/c1-18(2)38-26(13-12-24(39)15-25(40)16-28(41)42)29(19-3-8-22(34)9-4-19)30(20-5-10-23(35)11-6-20)31(38)32(43)37-27-14-7-21(17-36-27)33(44)45;;/h3-11,14,17-18,24-25,39-40H,12-13,15-16H2,1-2H3,(H,41,42)(H,44,45)(H,36,37,43);;/q;2*+1/p-2/t24-,25-;;/m1../s1. The number of carboxylic acids is 2. The minimum Gasteiger partial charge on any atom is -0.550 e. The first-order valence-corrected chi connectivity index (χ1v) is 14.2. The van der Waals surface area contributed by atoms with Crippen molar-refractivity contribution < 1.29 is 103 Å². The van der Waals surface area contributed by atoms with Crippen molar-refractivity contribution in [1.82, 2.24) is 9.55 Å². The van der Waals surface area contributed by atoms with Crippen LogP contribution in [0.15, 0.2) is 66.9 Å². The molecule has 47 heavy (non-hydrogen) atoms. The molecule has 0 aliphatic rings. The molecule has 0 unspecified atom stereocenters. The van der Waals surface area contributed by atoms with Crippen LogP contribution in [0, 0.1) is 11.6 Å². The molecule has 2 heterocycles. The molecule has 4 aromatic rings. The summed E-state index contributed by atoms with van der Waals surface area (Å²) >= 11 is 0. The molecule has 1 amide bonds. The second kappa shape index (κ2) is 18.0. The van der Waals surface area contributed by atoms with Crippen LogP contribution in [0.3, 0.4) is 0 Å². The summed E-state index contributed by atoms with van der Waals surface area (Å²) in [5.74, 6) is -4.47. The van der Waals surface area contributed by atoms with Crippen LogP contribution in [-0.4, -0.2) is 49.8 Å². The largest absolute Gasteiger partial charge is 1.00 e. The molecule has 0 bridgehead atoms. The number of carbonyl (C=O) groups excluding carboxylic acids is 3. The van der Waals surface area contributed by atoms with Crippen LogP contribution in [0.4, 0.5) is 14.6 Å². The number of halogens is 2. The van der Waals surface area contributed by atoms with E-state index in [0.717, 1.165) is 6.20 Å². The molecule has 3 N–H and O–H groups in total. The molecule has 4 rings (SSSR count). The SMILES string of the molecule is CC(C)n1c(CC[C@@H](O)C[C@@H](O)CC(=O)[O-])c(-c2ccc(F)cc2)c(-c2ccc(F)cc2)c1C(=O)Nc1ccc(C(=O)[O-])cn1.[Na+].[Na+]. The molecule has 236 valence electrons. The van der Waals surface area contributed by atoms with Crippen LogP contribution in [0.25, 0.3) is 22.3 Å². The van der Waals surface area contributed by atoms with Crippen molar-refractivity contribution in [3.8, 4) is 22.3 Å². The van der Waals surface area contributed by atoms with Gasteiger partial charge < -0.3 is 39.9 Å². The molecular weight excluding hydrogens is 634 g/mol. The second-order valence-electron chi connectivity index (χ2n) is 10.9. The van der Waals surface area contributed by atoms with E-state index in [1.807, 2.05) is 13.8 Å². The number of nitrogens with zero attached hydrogens (tertiary/aromatic N) is 2. The maximum Gasteiger partial charge on any atom is 1.00 e. The number of aliphatic hydroxyl groups is 2. The second-order valence-corrected chi connectivity index (χ2v) is 10.9. The van der Waals surface area contributed by atoms with Crippen molar-refractivity contribution in [3.05, 3.63) is 95.4 Å². The Labute approximate surface area is 314 Å². The first-order valence-electron chi connectivity index (χ1n) is 14.2. The fraction of sp³-hybridized carbons (Fsp3) is 0.273. The number of aliphatic hydroxyl groups excluding tert-OH is 2. The van der Waals surface area contributed by atoms with Crippen molar-refractivity contribution >= 4 is 23.7 Å². The number of aliphatic carboxylic acids is 1. The fourth-order valence-corrected chi connectivity index (χ4v) is 5.28. The van der Waals surface area contributed by atoms with Crippen molar-refractivity contribution in [2.24, 2.45) is 0 Å². The number of benzene rings is 2. The number of hydrogen-bond acceptors (Lipinski definition) is 8. The molecule has 0 spiro atoms. The van der Waals surface area contributed by atoms with Gasteiger partial charge in [0.15, 0.2) is 0 Å². The molecule has 0 radical (unpaired) electrons. The van der Waals surface area contributed by atoms with Crippen LogP contribution in [0.5, 0.6) is 0 Å². The average molecular weight is 666 g/mol. The van der Waals surface area contributed by atoms with Gasteiger partial charge in [0.25, 0.3) is 5.91 Å². The molecule has 2 aromatic heterocycles. The van der Waals surface area contributed by atoms with E-state index in [-0.39, 0.29) is 101 Å². The minimum absolute atomic E-state index is 0. The number of aromatic carboxylic acids is 1. The van der Waals surface area contributed by atoms with E-state index in [9.17, 15) is 43.6 Å². The van der Waals surface area contributed by atoms with Crippen molar-refractivity contribution in [3.63, 3.8) is 0 Å². The summed E-state index contributed by atoms with van der Waals surface area (Å²) in [5, 5.41) is 45.4. The molecular formula is C33H31F2N3Na2O7. The first-order chi connectivity index (χ1) is 21.3. The minimum atomic E-state index is -1.45. The Bertz CT molecular complexity index is 1680. The Morgan fingerprint density at radius 2 is 1.40 bits per heavy atom. The molecule has 10 nitrogen and oxygen atoms in total. The number of anilines is 1. The summed E-state index contributed by atoms with van der Waals surface area (Å²) in [4.78, 5) is 40.1. The van der Waals surface area contributed by atoms with Crippen LogP contribution in [-0.2, 0) is 11.2 Å². The molecule has 0 saturated carbocycles. The normalized spacial score (nSPS) is 12.1. The van der Waals surface area contributed by atoms with Crippen molar-refractivity contribution in [1.29, 1.82) is 0 Å². The van der Waals surface area contributed by atoms with Crippen molar-refractivity contribution in [2.45, 2.75) is 57.8 Å². The van der Waals surface area contributed by atoms with Gasteiger partial charge in [-0.05, 0) is 80.6 Å². The van der Waals surface area contributed by atoms with Crippen LogP contribution < -0.4 is 74.6 Å². The van der Waals surface area contributed by atoms with Crippen LogP contribution in [0.2, 0.25) is 0 Å². The number of carboxylic acid groups (broad SMARTS) is 2. The number of carbonyl (C=O) groups is 3. The zero-order valence-corrected chi connectivity index (χ0v) is 30.5. The predicted octanol–water partition coefficient (Wildman–Crippen LogP) is -3.12. The van der Waals surface area contributed by atoms with Gasteiger partial charge in [-0.3, -0.25) is 4.79 Å². The van der Waals surface area contributed by atoms with E-state index in [1.165, 1.54) is 60.7 Å². The predicted molar refractivity (Wildman–Crippen MR) is 157 cm³/mol. The molecule has 0 saturated heterocycles. The topological polar surface area (TPSA) is 168 Å². The molecule has 0 aliphatic carbocycles. The fourth-order valence-electron chi connectivity index (χ4n) is 5.28. The summed E-state index contributed by atoms with van der Waals surface area (Å²) in [7, 11) is 0. The third kappa shape index (κ3) is 10.3. The Morgan fingerprint density at radius 3 is 1.87 bits per heavy atom. The van der Waals surface area contributed by atoms with Gasteiger partial charge in [-0.25, -0.2) is 13.8 Å². The van der Waals surface area contributed by atoms with E-state index in [0.29, 0.717) is 27.9 Å². The summed E-state index contributed by atoms with van der Waals surface area (Å²) in [5.41, 5.74) is 2.42. The average Bonchev–Trinajstić information content (AvgIpc) is 3.32. The monoisotopic (exact) mass is 665 g/mol. The summed E-state index contributed by atoms with van der Waals surface area (Å²) in [6.07, 6.45) is -2.07. The number of aromatic nitrogens is 2. The zero-order valence-electron chi connectivity index (χ0n) is 26.5. The zero-order chi connectivity index (χ0) is 32.8. The van der Waals surface area contributed by atoms with E-state index >= 15 is 0 Å². The number of nitrogens with one attached hydrogen (secondary N) is 1. The Hall–Kier alpha value is -2.94. The Kier molecular flexibility index (Phi) is 15.4. The van der Waals surface area contributed by atoms with Gasteiger partial charge in [0.2, 0.25) is 0 Å². The Morgan fingerprint density at radius 1 is 0.851 bits per heavy atom. The van der Waals surface area contributed by atoms with Gasteiger partial charge >= 0.3 is 59.1 Å². The third-order valence-corrected chi connectivity index (χ3v) is 7.21. The van der Waals surface area contributed by atoms with Gasteiger partial charge in [-0.2, -0.15) is 0 Å². The van der Waals surface area contributed by atoms with Gasteiger partial charge in [0.1, 0.15) is 23.1 Å². The maximum absolute atomic E-state index is 14.1. The van der Waals surface area contributed by atoms with E-state index in [2.05, 4.69) is 10.3 Å². The van der Waals surface area contributed by atoms with E-state index in [1.54, 1.807) is 4.57 Å². The smallest absolute Gasteiger partial charge is 0.550 e. The summed E-state index contributed by atoms with van der Waals surface area (Å²) in [6, 6.07) is 13.2. The third-order valence-electron chi connectivity index (χ3n) is 7.21. The Balaban J connectivity index is 0.00000384. The van der Waals surface area contributed by atoms with Crippen LogP contribution >= 0.6 is 0 Å². The van der Waals surface area contributed by atoms with Gasteiger partial charge in [0, 0.05) is 47.0 Å². The van der Waals surface area contributed by atoms with Gasteiger partial charge in [-0.15, -0.1) is 0 Å². The molecule has 0 aliphatic heterocycles. The summed E-state index contributed by atoms with van der Waals surface area (Å²) in [6.45, 7) is 3.66. The quantitative estimate of drug-likeness (QED) is 0.126. The van der Waals surface area contributed by atoms with Crippen molar-refractivity contribution in [2.75, 3.05) is 5.32 Å². The number of rotatable bonds is 13. The molecule has 0 fully saturated rings. The summed E-state index contributed by atoms with van der Waals surface area (Å²) < 4.78 is 29.8. The van der Waals surface area contributed by atoms with Gasteiger partial charge in [0.05, 0.1) is 18.2 Å².